The Morgan fingerprint density at radius 3 is 2.33 bits per heavy atom. The lowest BCUT2D eigenvalue weighted by Gasteiger charge is -2.06. The summed E-state index contributed by atoms with van der Waals surface area (Å²) in [5, 5.41) is 13.2. The molecule has 0 saturated heterocycles. The fraction of sp³-hybridized carbons (Fsp3) is 0. The molecule has 3 nitrogen and oxygen atoms in total. The molecule has 3 heteroatoms. The molecule has 0 unspecified atom stereocenters. The lowest BCUT2D eigenvalue weighted by molar-refractivity contribution is 0.0699. The molecule has 1 N–H and O–H groups in total. The van der Waals surface area contributed by atoms with Crippen LogP contribution in [0.4, 0.5) is 0 Å². The number of fused-ring (bicyclic) bond motifs is 3. The van der Waals surface area contributed by atoms with Crippen LogP contribution in [0.3, 0.4) is 0 Å². The summed E-state index contributed by atoms with van der Waals surface area (Å²) in [6.07, 6.45) is 0. The standard InChI is InChI=1S/C18H11NO2/c20-18(21)14-6-3-7-16-15(14)9-13-8-11-4-1-2-5-12(11)10-17(13)19-16/h1-10H,(H,20,21). The maximum absolute atomic E-state index is 11.3. The maximum Gasteiger partial charge on any atom is 0.336 e. The minimum atomic E-state index is -0.928. The molecule has 4 rings (SSSR count). The minimum Gasteiger partial charge on any atom is -0.478 e. The summed E-state index contributed by atoms with van der Waals surface area (Å²) >= 11 is 0. The van der Waals surface area contributed by atoms with E-state index >= 15 is 0 Å². The van der Waals surface area contributed by atoms with Crippen LogP contribution in [-0.2, 0) is 0 Å². The zero-order chi connectivity index (χ0) is 14.4. The number of aromatic nitrogens is 1. The van der Waals surface area contributed by atoms with Crippen molar-refractivity contribution in [2.45, 2.75) is 0 Å². The number of aromatic carboxylic acids is 1. The van der Waals surface area contributed by atoms with E-state index in [9.17, 15) is 9.90 Å². The number of hydrogen-bond acceptors (Lipinski definition) is 2. The third-order valence-electron chi connectivity index (χ3n) is 3.75. The van der Waals surface area contributed by atoms with Gasteiger partial charge in [0.2, 0.25) is 0 Å². The van der Waals surface area contributed by atoms with E-state index in [-0.39, 0.29) is 5.56 Å². The van der Waals surface area contributed by atoms with Gasteiger partial charge < -0.3 is 5.11 Å². The molecule has 0 radical (unpaired) electrons. The minimum absolute atomic E-state index is 0.287. The van der Waals surface area contributed by atoms with Gasteiger partial charge in [0.05, 0.1) is 16.6 Å². The zero-order valence-corrected chi connectivity index (χ0v) is 11.1. The highest BCUT2D eigenvalue weighted by atomic mass is 16.4. The van der Waals surface area contributed by atoms with Crippen molar-refractivity contribution in [2.24, 2.45) is 0 Å². The topological polar surface area (TPSA) is 50.2 Å². The van der Waals surface area contributed by atoms with Crippen LogP contribution in [0, 0.1) is 0 Å². The van der Waals surface area contributed by atoms with Crippen molar-refractivity contribution < 1.29 is 9.90 Å². The number of carboxylic acid groups (broad SMARTS) is 1. The monoisotopic (exact) mass is 273 g/mol. The molecule has 0 saturated carbocycles. The molecule has 1 heterocycles. The molecule has 0 bridgehead atoms. The van der Waals surface area contributed by atoms with E-state index in [0.717, 1.165) is 21.7 Å². The summed E-state index contributed by atoms with van der Waals surface area (Å²) in [4.78, 5) is 15.9. The number of carboxylic acids is 1. The first kappa shape index (κ1) is 11.9. The molecule has 100 valence electrons. The summed E-state index contributed by atoms with van der Waals surface area (Å²) in [6, 6.07) is 19.3. The van der Waals surface area contributed by atoms with Crippen molar-refractivity contribution in [3.63, 3.8) is 0 Å². The lowest BCUT2D eigenvalue weighted by atomic mass is 10.0. The van der Waals surface area contributed by atoms with Crippen LogP contribution < -0.4 is 0 Å². The van der Waals surface area contributed by atoms with E-state index in [1.165, 1.54) is 0 Å². The smallest absolute Gasteiger partial charge is 0.336 e. The van der Waals surface area contributed by atoms with Crippen molar-refractivity contribution in [3.8, 4) is 0 Å². The van der Waals surface area contributed by atoms with Gasteiger partial charge >= 0.3 is 5.97 Å². The number of carbonyl (C=O) groups is 1. The zero-order valence-electron chi connectivity index (χ0n) is 11.1. The number of nitrogens with zero attached hydrogens (tertiary/aromatic N) is 1. The Kier molecular flexibility index (Phi) is 2.42. The van der Waals surface area contributed by atoms with Crippen LogP contribution in [0.25, 0.3) is 32.6 Å². The highest BCUT2D eigenvalue weighted by molar-refractivity contribution is 6.07. The third kappa shape index (κ3) is 1.82. The maximum atomic E-state index is 11.3. The Balaban J connectivity index is 2.15. The van der Waals surface area contributed by atoms with Gasteiger partial charge in [0.15, 0.2) is 0 Å². The van der Waals surface area contributed by atoms with Crippen LogP contribution in [0.5, 0.6) is 0 Å². The van der Waals surface area contributed by atoms with E-state index in [4.69, 9.17) is 0 Å². The van der Waals surface area contributed by atoms with Crippen molar-refractivity contribution >= 4 is 38.5 Å². The molecule has 21 heavy (non-hydrogen) atoms. The van der Waals surface area contributed by atoms with Gasteiger partial charge in [0.1, 0.15) is 0 Å². The molecule has 0 spiro atoms. The summed E-state index contributed by atoms with van der Waals surface area (Å²) in [7, 11) is 0. The van der Waals surface area contributed by atoms with E-state index < -0.39 is 5.97 Å². The fourth-order valence-corrected chi connectivity index (χ4v) is 2.73. The van der Waals surface area contributed by atoms with Crippen LogP contribution in [0.1, 0.15) is 10.4 Å². The van der Waals surface area contributed by atoms with Crippen molar-refractivity contribution in [3.05, 3.63) is 66.2 Å². The number of hydrogen-bond donors (Lipinski definition) is 1. The average Bonchev–Trinajstić information content (AvgIpc) is 2.50. The predicted molar refractivity (Wildman–Crippen MR) is 83.7 cm³/mol. The van der Waals surface area contributed by atoms with Gasteiger partial charge in [-0.3, -0.25) is 0 Å². The van der Waals surface area contributed by atoms with E-state index in [1.807, 2.05) is 42.5 Å². The Morgan fingerprint density at radius 1 is 0.810 bits per heavy atom. The number of rotatable bonds is 1. The Labute approximate surface area is 120 Å². The normalized spacial score (nSPS) is 11.2. The first-order chi connectivity index (χ1) is 10.2. The van der Waals surface area contributed by atoms with E-state index in [2.05, 4.69) is 11.1 Å². The predicted octanol–water partition coefficient (Wildman–Crippen LogP) is 4.24. The van der Waals surface area contributed by atoms with Crippen LogP contribution >= 0.6 is 0 Å². The highest BCUT2D eigenvalue weighted by Crippen LogP contribution is 2.26. The summed E-state index contributed by atoms with van der Waals surface area (Å²) in [5.41, 5.74) is 1.87. The van der Waals surface area contributed by atoms with Gasteiger partial charge in [-0.05, 0) is 41.1 Å². The first-order valence-electron chi connectivity index (χ1n) is 6.68. The fourth-order valence-electron chi connectivity index (χ4n) is 2.73. The van der Waals surface area contributed by atoms with Crippen LogP contribution in [0.2, 0.25) is 0 Å². The van der Waals surface area contributed by atoms with E-state index in [1.54, 1.807) is 12.1 Å². The molecular formula is C18H11NO2. The van der Waals surface area contributed by atoms with Gasteiger partial charge in [-0.1, -0.05) is 30.3 Å². The molecule has 0 amide bonds. The quantitative estimate of drug-likeness (QED) is 0.528. The SMILES string of the molecule is O=C(O)c1cccc2nc3cc4ccccc4cc3cc12. The summed E-state index contributed by atoms with van der Waals surface area (Å²) < 4.78 is 0. The average molecular weight is 273 g/mol. The Hall–Kier alpha value is -2.94. The summed E-state index contributed by atoms with van der Waals surface area (Å²) in [5.74, 6) is -0.928. The van der Waals surface area contributed by atoms with Crippen LogP contribution in [0.15, 0.2) is 60.7 Å². The largest absolute Gasteiger partial charge is 0.478 e. The van der Waals surface area contributed by atoms with E-state index in [0.29, 0.717) is 10.9 Å². The molecule has 0 aliphatic heterocycles. The van der Waals surface area contributed by atoms with Crippen molar-refractivity contribution in [1.82, 2.24) is 4.98 Å². The first-order valence-corrected chi connectivity index (χ1v) is 6.68. The summed E-state index contributed by atoms with van der Waals surface area (Å²) in [6.45, 7) is 0. The second kappa shape index (κ2) is 4.28. The highest BCUT2D eigenvalue weighted by Gasteiger charge is 2.10. The van der Waals surface area contributed by atoms with Gasteiger partial charge in [-0.15, -0.1) is 0 Å². The van der Waals surface area contributed by atoms with Gasteiger partial charge in [-0.2, -0.15) is 0 Å². The van der Waals surface area contributed by atoms with Crippen molar-refractivity contribution in [2.75, 3.05) is 0 Å². The lowest BCUT2D eigenvalue weighted by Crippen LogP contribution is -1.98. The van der Waals surface area contributed by atoms with Gasteiger partial charge in [0, 0.05) is 10.8 Å². The third-order valence-corrected chi connectivity index (χ3v) is 3.75. The molecular weight excluding hydrogens is 262 g/mol. The molecule has 0 fully saturated rings. The molecule has 0 atom stereocenters. The van der Waals surface area contributed by atoms with Crippen molar-refractivity contribution in [1.29, 1.82) is 0 Å². The molecule has 4 aromatic rings. The Morgan fingerprint density at radius 2 is 1.57 bits per heavy atom. The number of benzene rings is 3. The molecule has 0 aliphatic carbocycles. The molecule has 0 aliphatic rings. The van der Waals surface area contributed by atoms with Gasteiger partial charge in [-0.25, -0.2) is 9.78 Å². The second-order valence-electron chi connectivity index (χ2n) is 5.06. The van der Waals surface area contributed by atoms with Crippen LogP contribution in [-0.4, -0.2) is 16.1 Å². The number of pyridine rings is 1. The molecule has 1 aromatic heterocycles. The Bertz CT molecular complexity index is 1020. The van der Waals surface area contributed by atoms with Gasteiger partial charge in [0.25, 0.3) is 0 Å². The molecule has 3 aromatic carbocycles. The second-order valence-corrected chi connectivity index (χ2v) is 5.06.